The van der Waals surface area contributed by atoms with Crippen LogP contribution in [0.1, 0.15) is 13.8 Å². The molecule has 0 atom stereocenters. The van der Waals surface area contributed by atoms with E-state index >= 15 is 0 Å². The van der Waals surface area contributed by atoms with E-state index in [0.29, 0.717) is 5.69 Å². The van der Waals surface area contributed by atoms with E-state index in [1.54, 1.807) is 26.0 Å². The molecule has 7 heteroatoms. The summed E-state index contributed by atoms with van der Waals surface area (Å²) in [6, 6.07) is 10.9. The summed E-state index contributed by atoms with van der Waals surface area (Å²) in [5, 5.41) is 12.5. The van der Waals surface area contributed by atoms with E-state index in [-0.39, 0.29) is 29.6 Å². The molecule has 23 heavy (non-hydrogen) atoms. The zero-order chi connectivity index (χ0) is 17.1. The number of benzene rings is 1. The van der Waals surface area contributed by atoms with Crippen LogP contribution in [0.15, 0.2) is 40.9 Å². The van der Waals surface area contributed by atoms with Gasteiger partial charge in [0, 0.05) is 5.69 Å². The summed E-state index contributed by atoms with van der Waals surface area (Å²) in [6.07, 6.45) is 0. The number of hydrogen-bond acceptors (Lipinski definition) is 7. The zero-order valence-electron chi connectivity index (χ0n) is 13.0. The van der Waals surface area contributed by atoms with Crippen molar-refractivity contribution in [2.24, 2.45) is 0 Å². The molecule has 0 heterocycles. The largest absolute Gasteiger partial charge is 0.465 e. The van der Waals surface area contributed by atoms with E-state index in [4.69, 9.17) is 9.47 Å². The van der Waals surface area contributed by atoms with Gasteiger partial charge in [-0.3, -0.25) is 4.79 Å². The number of rotatable bonds is 8. The van der Waals surface area contributed by atoms with Gasteiger partial charge in [-0.1, -0.05) is 30.0 Å². The van der Waals surface area contributed by atoms with Crippen LogP contribution in [0.3, 0.4) is 0 Å². The fourth-order valence-electron chi connectivity index (χ4n) is 1.55. The Bertz CT molecular complexity index is 608. The van der Waals surface area contributed by atoms with Crippen LogP contribution in [0, 0.1) is 11.3 Å². The highest BCUT2D eigenvalue weighted by Gasteiger charge is 2.19. The van der Waals surface area contributed by atoms with Crippen LogP contribution < -0.4 is 5.32 Å². The SMILES string of the molecule is CCOC(=O)CS/C(Nc1ccccc1)=C(/C#N)C(=O)OCC. The first-order chi connectivity index (χ1) is 11.1. The highest BCUT2D eigenvalue weighted by molar-refractivity contribution is 8.03. The normalized spacial score (nSPS) is 11.0. The van der Waals surface area contributed by atoms with E-state index in [9.17, 15) is 14.9 Å². The molecule has 0 aromatic heterocycles. The number of ether oxygens (including phenoxy) is 2. The lowest BCUT2D eigenvalue weighted by Gasteiger charge is -2.12. The minimum Gasteiger partial charge on any atom is -0.465 e. The van der Waals surface area contributed by atoms with Crippen molar-refractivity contribution in [1.82, 2.24) is 0 Å². The Morgan fingerprint density at radius 2 is 1.83 bits per heavy atom. The van der Waals surface area contributed by atoms with Crippen LogP contribution in [0.4, 0.5) is 5.69 Å². The van der Waals surface area contributed by atoms with E-state index < -0.39 is 11.9 Å². The third-order valence-electron chi connectivity index (χ3n) is 2.49. The Balaban J connectivity index is 3.01. The predicted molar refractivity (Wildman–Crippen MR) is 88.4 cm³/mol. The van der Waals surface area contributed by atoms with Crippen LogP contribution in [0.25, 0.3) is 0 Å². The molecule has 1 aromatic rings. The van der Waals surface area contributed by atoms with Crippen LogP contribution in [-0.2, 0) is 19.1 Å². The molecule has 122 valence electrons. The molecule has 0 fully saturated rings. The first-order valence-corrected chi connectivity index (χ1v) is 8.02. The van der Waals surface area contributed by atoms with Gasteiger partial charge in [-0.05, 0) is 26.0 Å². The van der Waals surface area contributed by atoms with Crippen LogP contribution in [0.5, 0.6) is 0 Å². The topological polar surface area (TPSA) is 88.4 Å². The number of carbonyl (C=O) groups is 2. The number of carbonyl (C=O) groups excluding carboxylic acids is 2. The van der Waals surface area contributed by atoms with Gasteiger partial charge in [0.1, 0.15) is 6.07 Å². The third kappa shape index (κ3) is 6.45. The third-order valence-corrected chi connectivity index (χ3v) is 3.46. The Morgan fingerprint density at radius 3 is 2.39 bits per heavy atom. The second-order valence-corrected chi connectivity index (χ2v) is 5.11. The molecule has 0 aliphatic heterocycles. The lowest BCUT2D eigenvalue weighted by atomic mass is 10.3. The number of para-hydroxylation sites is 1. The second kappa shape index (κ2) is 10.3. The van der Waals surface area contributed by atoms with Crippen molar-refractivity contribution in [3.05, 3.63) is 40.9 Å². The Labute approximate surface area is 139 Å². The summed E-state index contributed by atoms with van der Waals surface area (Å²) < 4.78 is 9.73. The van der Waals surface area contributed by atoms with Crippen molar-refractivity contribution in [3.8, 4) is 6.07 Å². The number of nitrogens with zero attached hydrogens (tertiary/aromatic N) is 1. The van der Waals surface area contributed by atoms with E-state index in [1.807, 2.05) is 24.3 Å². The summed E-state index contributed by atoms with van der Waals surface area (Å²) in [7, 11) is 0. The minimum atomic E-state index is -0.732. The summed E-state index contributed by atoms with van der Waals surface area (Å²) in [6.45, 7) is 3.79. The smallest absolute Gasteiger partial charge is 0.351 e. The van der Waals surface area contributed by atoms with Crippen LogP contribution >= 0.6 is 11.8 Å². The standard InChI is InChI=1S/C16H18N2O4S/c1-3-21-14(19)11-23-15(13(10-17)16(20)22-4-2)18-12-8-6-5-7-9-12/h5-9,18H,3-4,11H2,1-2H3/b15-13-. The maximum Gasteiger partial charge on any atom is 0.351 e. The minimum absolute atomic E-state index is 0.0202. The van der Waals surface area contributed by atoms with Crippen molar-refractivity contribution < 1.29 is 19.1 Å². The van der Waals surface area contributed by atoms with Gasteiger partial charge in [-0.25, -0.2) is 4.79 Å². The van der Waals surface area contributed by atoms with Crippen LogP contribution in [0.2, 0.25) is 0 Å². The maximum absolute atomic E-state index is 11.9. The second-order valence-electron chi connectivity index (χ2n) is 4.12. The molecule has 0 amide bonds. The molecule has 0 bridgehead atoms. The molecule has 1 aromatic carbocycles. The number of hydrogen-bond donors (Lipinski definition) is 1. The van der Waals surface area contributed by atoms with Gasteiger partial charge in [-0.2, -0.15) is 5.26 Å². The lowest BCUT2D eigenvalue weighted by Crippen LogP contribution is -2.14. The van der Waals surface area contributed by atoms with Gasteiger partial charge < -0.3 is 14.8 Å². The summed E-state index contributed by atoms with van der Waals surface area (Å²) in [4.78, 5) is 23.4. The number of anilines is 1. The van der Waals surface area contributed by atoms with Gasteiger partial charge in [-0.15, -0.1) is 0 Å². The molecule has 0 aliphatic carbocycles. The van der Waals surface area contributed by atoms with Gasteiger partial charge in [0.05, 0.1) is 24.0 Å². The van der Waals surface area contributed by atoms with Gasteiger partial charge in [0.25, 0.3) is 0 Å². The van der Waals surface area contributed by atoms with Crippen molar-refractivity contribution >= 4 is 29.4 Å². The molecule has 0 saturated carbocycles. The number of thioether (sulfide) groups is 1. The molecule has 1 N–H and O–H groups in total. The molecular formula is C16H18N2O4S. The molecule has 6 nitrogen and oxygen atoms in total. The van der Waals surface area contributed by atoms with E-state index in [0.717, 1.165) is 11.8 Å². The number of nitrogens with one attached hydrogen (secondary N) is 1. The van der Waals surface area contributed by atoms with Crippen molar-refractivity contribution in [2.75, 3.05) is 24.3 Å². The fraction of sp³-hybridized carbons (Fsp3) is 0.312. The summed E-state index contributed by atoms with van der Waals surface area (Å²) in [5.41, 5.74) is 0.515. The summed E-state index contributed by atoms with van der Waals surface area (Å²) >= 11 is 1.02. The zero-order valence-corrected chi connectivity index (χ0v) is 13.8. The van der Waals surface area contributed by atoms with Crippen molar-refractivity contribution in [1.29, 1.82) is 5.26 Å². The van der Waals surface area contributed by atoms with Gasteiger partial charge in [0.2, 0.25) is 0 Å². The molecule has 0 spiro atoms. The number of esters is 2. The Morgan fingerprint density at radius 1 is 1.17 bits per heavy atom. The van der Waals surface area contributed by atoms with Gasteiger partial charge >= 0.3 is 11.9 Å². The highest BCUT2D eigenvalue weighted by atomic mass is 32.2. The first-order valence-electron chi connectivity index (χ1n) is 7.04. The summed E-state index contributed by atoms with van der Waals surface area (Å²) in [5.74, 6) is -1.18. The van der Waals surface area contributed by atoms with Crippen molar-refractivity contribution in [2.45, 2.75) is 13.8 Å². The molecule has 1 rings (SSSR count). The van der Waals surface area contributed by atoms with Crippen LogP contribution in [-0.4, -0.2) is 30.9 Å². The molecule has 0 saturated heterocycles. The van der Waals surface area contributed by atoms with E-state index in [2.05, 4.69) is 5.32 Å². The lowest BCUT2D eigenvalue weighted by molar-refractivity contribution is -0.140. The molecule has 0 aliphatic rings. The first kappa shape index (κ1) is 18.6. The fourth-order valence-corrected chi connectivity index (χ4v) is 2.36. The average molecular weight is 334 g/mol. The average Bonchev–Trinajstić information content (AvgIpc) is 2.54. The predicted octanol–water partition coefficient (Wildman–Crippen LogP) is 2.69. The van der Waals surface area contributed by atoms with Gasteiger partial charge in [0.15, 0.2) is 5.57 Å². The van der Waals surface area contributed by atoms with Crippen molar-refractivity contribution in [3.63, 3.8) is 0 Å². The highest BCUT2D eigenvalue weighted by Crippen LogP contribution is 2.23. The Hall–Kier alpha value is -2.46. The maximum atomic E-state index is 11.9. The molecule has 0 radical (unpaired) electrons. The monoisotopic (exact) mass is 334 g/mol. The molecule has 0 unspecified atom stereocenters. The number of nitriles is 1. The quantitative estimate of drug-likeness (QED) is 0.444. The van der Waals surface area contributed by atoms with E-state index in [1.165, 1.54) is 0 Å². The molecular weight excluding hydrogens is 316 g/mol. The Kier molecular flexibility index (Phi) is 8.32.